The number of aromatic nitrogens is 3. The van der Waals surface area contributed by atoms with E-state index < -0.39 is 0 Å². The summed E-state index contributed by atoms with van der Waals surface area (Å²) >= 11 is 0. The van der Waals surface area contributed by atoms with E-state index in [-0.39, 0.29) is 0 Å². The third-order valence-corrected chi connectivity index (χ3v) is 2.66. The van der Waals surface area contributed by atoms with E-state index in [1.165, 1.54) is 0 Å². The lowest BCUT2D eigenvalue weighted by Crippen LogP contribution is -1.95. The summed E-state index contributed by atoms with van der Waals surface area (Å²) in [5.41, 5.74) is 1.82. The molecule has 0 amide bonds. The molecule has 17 heavy (non-hydrogen) atoms. The molecule has 80 valence electrons. The largest absolute Gasteiger partial charge is 0.300 e. The molecular weight excluding hydrogens is 210 g/mol. The summed E-state index contributed by atoms with van der Waals surface area (Å²) in [5.74, 6) is 3.39. The van der Waals surface area contributed by atoms with Crippen molar-refractivity contribution >= 4 is 10.9 Å². The molecule has 0 aliphatic rings. The first kappa shape index (κ1) is 9.61. The highest BCUT2D eigenvalue weighted by Crippen LogP contribution is 2.17. The molecule has 3 nitrogen and oxygen atoms in total. The van der Waals surface area contributed by atoms with Crippen LogP contribution in [0.2, 0.25) is 0 Å². The van der Waals surface area contributed by atoms with E-state index in [4.69, 9.17) is 6.42 Å². The Bertz CT molecular complexity index is 702. The van der Waals surface area contributed by atoms with E-state index in [1.54, 1.807) is 12.4 Å². The zero-order chi connectivity index (χ0) is 11.7. The average Bonchev–Trinajstić information content (AvgIpc) is 2.83. The first-order valence-corrected chi connectivity index (χ1v) is 5.22. The van der Waals surface area contributed by atoms with Gasteiger partial charge >= 0.3 is 0 Å². The first-order chi connectivity index (χ1) is 8.38. The van der Waals surface area contributed by atoms with Gasteiger partial charge in [-0.25, -0.2) is 4.98 Å². The molecule has 0 radical (unpaired) electrons. The fourth-order valence-electron chi connectivity index (χ4n) is 1.79. The fourth-order valence-corrected chi connectivity index (χ4v) is 1.79. The van der Waals surface area contributed by atoms with E-state index >= 15 is 0 Å². The third kappa shape index (κ3) is 1.56. The zero-order valence-electron chi connectivity index (χ0n) is 9.04. The molecule has 3 aromatic heterocycles. The van der Waals surface area contributed by atoms with Gasteiger partial charge in [-0.1, -0.05) is 5.92 Å². The topological polar surface area (TPSA) is 30.7 Å². The summed E-state index contributed by atoms with van der Waals surface area (Å²) in [6.07, 6.45) is 12.6. The van der Waals surface area contributed by atoms with E-state index in [0.29, 0.717) is 0 Å². The minimum Gasteiger partial charge on any atom is -0.300 e. The molecule has 0 aliphatic heterocycles. The van der Waals surface area contributed by atoms with Crippen molar-refractivity contribution in [3.63, 3.8) is 0 Å². The number of pyridine rings is 2. The van der Waals surface area contributed by atoms with Crippen molar-refractivity contribution < 1.29 is 0 Å². The summed E-state index contributed by atoms with van der Waals surface area (Å²) in [6, 6.07) is 7.79. The summed E-state index contributed by atoms with van der Waals surface area (Å²) in [4.78, 5) is 8.46. The van der Waals surface area contributed by atoms with Crippen molar-refractivity contribution in [2.45, 2.75) is 0 Å². The number of terminal acetylenes is 1. The van der Waals surface area contributed by atoms with E-state index in [9.17, 15) is 0 Å². The maximum absolute atomic E-state index is 5.30. The van der Waals surface area contributed by atoms with Crippen molar-refractivity contribution in [2.75, 3.05) is 0 Å². The first-order valence-electron chi connectivity index (χ1n) is 5.22. The summed E-state index contributed by atoms with van der Waals surface area (Å²) < 4.78 is 1.99. The Labute approximate surface area is 98.8 Å². The van der Waals surface area contributed by atoms with Crippen LogP contribution in [0.3, 0.4) is 0 Å². The number of nitrogens with zero attached hydrogens (tertiary/aromatic N) is 3. The summed E-state index contributed by atoms with van der Waals surface area (Å²) in [5, 5.41) is 1.14. The van der Waals surface area contributed by atoms with E-state index in [0.717, 1.165) is 22.3 Å². The minimum atomic E-state index is 0.781. The maximum Gasteiger partial charge on any atom is 0.137 e. The highest BCUT2D eigenvalue weighted by molar-refractivity contribution is 5.80. The van der Waals surface area contributed by atoms with Crippen LogP contribution in [0.1, 0.15) is 5.56 Å². The molecular formula is C14H9N3. The van der Waals surface area contributed by atoms with Gasteiger partial charge in [0.2, 0.25) is 0 Å². The Hall–Kier alpha value is -2.60. The van der Waals surface area contributed by atoms with Crippen LogP contribution in [0.15, 0.2) is 49.1 Å². The molecule has 0 unspecified atom stereocenters. The molecule has 0 N–H and O–H groups in total. The van der Waals surface area contributed by atoms with Crippen molar-refractivity contribution in [1.82, 2.24) is 14.5 Å². The van der Waals surface area contributed by atoms with Crippen LogP contribution in [0.4, 0.5) is 0 Å². The Morgan fingerprint density at radius 2 is 2.06 bits per heavy atom. The van der Waals surface area contributed by atoms with Crippen LogP contribution < -0.4 is 0 Å². The molecule has 0 aromatic carbocycles. The van der Waals surface area contributed by atoms with Crippen LogP contribution in [0.5, 0.6) is 0 Å². The highest BCUT2D eigenvalue weighted by atomic mass is 15.0. The Kier molecular flexibility index (Phi) is 2.13. The van der Waals surface area contributed by atoms with Gasteiger partial charge in [0.15, 0.2) is 0 Å². The SMILES string of the molecule is C#Cc1ccc(-n2ccc3ccncc32)nc1. The third-order valence-electron chi connectivity index (χ3n) is 2.66. The van der Waals surface area contributed by atoms with Gasteiger partial charge in [0.25, 0.3) is 0 Å². The molecule has 0 atom stereocenters. The van der Waals surface area contributed by atoms with Crippen molar-refractivity contribution in [3.8, 4) is 18.2 Å². The molecule has 3 aromatic rings. The Balaban J connectivity index is 2.17. The van der Waals surface area contributed by atoms with Gasteiger partial charge < -0.3 is 0 Å². The van der Waals surface area contributed by atoms with Gasteiger partial charge in [-0.15, -0.1) is 6.42 Å². The van der Waals surface area contributed by atoms with Crippen molar-refractivity contribution in [1.29, 1.82) is 0 Å². The summed E-state index contributed by atoms with van der Waals surface area (Å²) in [6.45, 7) is 0. The second-order valence-corrected chi connectivity index (χ2v) is 3.67. The number of hydrogen-bond acceptors (Lipinski definition) is 2. The lowest BCUT2D eigenvalue weighted by molar-refractivity contribution is 1.04. The highest BCUT2D eigenvalue weighted by Gasteiger charge is 2.03. The number of fused-ring (bicyclic) bond motifs is 1. The number of hydrogen-bond donors (Lipinski definition) is 0. The maximum atomic E-state index is 5.30. The monoisotopic (exact) mass is 219 g/mol. The standard InChI is InChI=1S/C14H9N3/c1-2-11-3-4-14(16-9-11)17-8-6-12-5-7-15-10-13(12)17/h1,3-10H. The molecule has 0 saturated carbocycles. The van der Waals surface area contributed by atoms with Crippen LogP contribution in [-0.2, 0) is 0 Å². The van der Waals surface area contributed by atoms with Crippen LogP contribution in [0, 0.1) is 12.3 Å². The normalized spacial score (nSPS) is 10.3. The number of rotatable bonds is 1. The van der Waals surface area contributed by atoms with Gasteiger partial charge in [-0.3, -0.25) is 9.55 Å². The van der Waals surface area contributed by atoms with Crippen LogP contribution >= 0.6 is 0 Å². The molecule has 3 heteroatoms. The van der Waals surface area contributed by atoms with Crippen LogP contribution in [-0.4, -0.2) is 14.5 Å². The molecule has 3 rings (SSSR count). The van der Waals surface area contributed by atoms with Crippen molar-refractivity contribution in [3.05, 3.63) is 54.6 Å². The lowest BCUT2D eigenvalue weighted by Gasteiger charge is -2.03. The van der Waals surface area contributed by atoms with Gasteiger partial charge in [-0.05, 0) is 24.3 Å². The quantitative estimate of drug-likeness (QED) is 0.588. The Morgan fingerprint density at radius 3 is 2.82 bits per heavy atom. The smallest absolute Gasteiger partial charge is 0.137 e. The second kappa shape index (κ2) is 3.76. The van der Waals surface area contributed by atoms with E-state index in [2.05, 4.69) is 15.9 Å². The second-order valence-electron chi connectivity index (χ2n) is 3.67. The van der Waals surface area contributed by atoms with Gasteiger partial charge in [0.05, 0.1) is 11.7 Å². The lowest BCUT2D eigenvalue weighted by atomic mass is 10.3. The predicted molar refractivity (Wildman–Crippen MR) is 66.8 cm³/mol. The molecule has 3 heterocycles. The van der Waals surface area contributed by atoms with Gasteiger partial charge in [0.1, 0.15) is 5.82 Å². The zero-order valence-corrected chi connectivity index (χ0v) is 9.04. The predicted octanol–water partition coefficient (Wildman–Crippen LogP) is 2.40. The van der Waals surface area contributed by atoms with Gasteiger partial charge in [-0.2, -0.15) is 0 Å². The molecule has 0 saturated heterocycles. The average molecular weight is 219 g/mol. The van der Waals surface area contributed by atoms with Crippen LogP contribution in [0.25, 0.3) is 16.7 Å². The molecule has 0 fully saturated rings. The molecule has 0 aliphatic carbocycles. The van der Waals surface area contributed by atoms with E-state index in [1.807, 2.05) is 41.2 Å². The molecule has 0 bridgehead atoms. The van der Waals surface area contributed by atoms with Crippen molar-refractivity contribution in [2.24, 2.45) is 0 Å². The Morgan fingerprint density at radius 1 is 1.12 bits per heavy atom. The fraction of sp³-hybridized carbons (Fsp3) is 0. The van der Waals surface area contributed by atoms with Gasteiger partial charge in [0, 0.05) is 29.5 Å². The molecule has 0 spiro atoms. The summed E-state index contributed by atoms with van der Waals surface area (Å²) in [7, 11) is 0. The minimum absolute atomic E-state index is 0.781.